The van der Waals surface area contributed by atoms with E-state index in [2.05, 4.69) is 9.97 Å². The normalized spacial score (nSPS) is 10.3. The summed E-state index contributed by atoms with van der Waals surface area (Å²) < 4.78 is 35.8. The van der Waals surface area contributed by atoms with Crippen molar-refractivity contribution >= 4 is 45.8 Å². The van der Waals surface area contributed by atoms with Crippen LogP contribution in [0.15, 0.2) is 6.07 Å². The third-order valence-corrected chi connectivity index (χ3v) is 1.70. The fourth-order valence-electron chi connectivity index (χ4n) is 0.805. The van der Waals surface area contributed by atoms with E-state index in [-0.39, 0.29) is 41.4 Å². The number of nitrogens with zero attached hydrogens (tertiary/aromatic N) is 2. The van der Waals surface area contributed by atoms with Crippen LogP contribution >= 0.6 is 0 Å². The van der Waals surface area contributed by atoms with Crippen LogP contribution in [0.4, 0.5) is 5.95 Å². The Hall–Kier alpha value is -0.410. The Morgan fingerprint density at radius 3 is 2.53 bits per heavy atom. The summed E-state index contributed by atoms with van der Waals surface area (Å²) in [6, 6.07) is 1.52. The molecule has 0 saturated carbocycles. The first kappa shape index (κ1) is 14.6. The average Bonchev–Trinajstić information content (AvgIpc) is 1.99. The summed E-state index contributed by atoms with van der Waals surface area (Å²) in [6.07, 6.45) is 0. The number of aromatic nitrogens is 2. The fraction of sp³-hybridized carbons (Fsp3) is 0.333. The van der Waals surface area contributed by atoms with Gasteiger partial charge in [-0.15, -0.1) is 0 Å². The van der Waals surface area contributed by atoms with Crippen molar-refractivity contribution in [2.24, 2.45) is 0 Å². The van der Waals surface area contributed by atoms with Crippen LogP contribution in [-0.4, -0.2) is 59.6 Å². The second kappa shape index (κ2) is 5.61. The Bertz CT molecular complexity index is 436. The van der Waals surface area contributed by atoms with E-state index in [1.165, 1.54) is 13.2 Å². The molecule has 15 heavy (non-hydrogen) atoms. The first-order chi connectivity index (χ1) is 6.40. The number of ether oxygens (including phenoxy) is 1. The second-order valence-electron chi connectivity index (χ2n) is 2.45. The zero-order chi connectivity index (χ0) is 10.8. The van der Waals surface area contributed by atoms with E-state index in [4.69, 9.17) is 9.29 Å². The van der Waals surface area contributed by atoms with Crippen molar-refractivity contribution in [3.8, 4) is 5.88 Å². The topological polar surface area (TPSA) is 101 Å². The zero-order valence-corrected chi connectivity index (χ0v) is 8.37. The van der Waals surface area contributed by atoms with E-state index in [0.29, 0.717) is 5.69 Å². The predicted octanol–water partition coefficient (Wildman–Crippen LogP) is -0.640. The van der Waals surface area contributed by atoms with Crippen molar-refractivity contribution in [3.63, 3.8) is 0 Å². The number of nitrogens with one attached hydrogen (secondary N) is 1. The van der Waals surface area contributed by atoms with E-state index in [1.807, 2.05) is 0 Å². The van der Waals surface area contributed by atoms with Crippen molar-refractivity contribution in [3.05, 3.63) is 11.8 Å². The van der Waals surface area contributed by atoms with Crippen LogP contribution in [-0.2, 0) is 10.3 Å². The molecule has 1 rings (SSSR count). The summed E-state index contributed by atoms with van der Waals surface area (Å²) >= 11 is 0. The summed E-state index contributed by atoms with van der Waals surface area (Å²) in [4.78, 5) is 7.38. The van der Waals surface area contributed by atoms with Crippen molar-refractivity contribution in [2.75, 3.05) is 11.8 Å². The van der Waals surface area contributed by atoms with Crippen LogP contribution in [0.5, 0.6) is 5.88 Å². The molecular formula is C6H10N3NaO4S. The predicted molar refractivity (Wildman–Crippen MR) is 55.6 cm³/mol. The van der Waals surface area contributed by atoms with Crippen LogP contribution in [0.3, 0.4) is 0 Å². The van der Waals surface area contributed by atoms with Crippen LogP contribution in [0.1, 0.15) is 5.69 Å². The summed E-state index contributed by atoms with van der Waals surface area (Å²) in [6.45, 7) is 1.64. The Morgan fingerprint density at radius 1 is 1.47 bits per heavy atom. The number of methoxy groups -OCH3 is 1. The Kier molecular flexibility index (Phi) is 5.46. The van der Waals surface area contributed by atoms with E-state index < -0.39 is 10.3 Å². The first-order valence-electron chi connectivity index (χ1n) is 3.55. The molecule has 80 valence electrons. The van der Waals surface area contributed by atoms with Crippen LogP contribution in [0.2, 0.25) is 0 Å². The number of hydrogen-bond acceptors (Lipinski definition) is 5. The van der Waals surface area contributed by atoms with E-state index in [1.54, 1.807) is 11.6 Å². The summed E-state index contributed by atoms with van der Waals surface area (Å²) in [5.74, 6) is -0.0204. The molecule has 0 radical (unpaired) electrons. The molecule has 0 fully saturated rings. The molecule has 0 aliphatic heterocycles. The van der Waals surface area contributed by atoms with Crippen molar-refractivity contribution < 1.29 is 17.7 Å². The SMILES string of the molecule is COc1cc(C)nc(NS(=O)(=O)O)n1.[NaH]. The molecule has 0 spiro atoms. The third kappa shape index (κ3) is 5.28. The third-order valence-electron chi connectivity index (χ3n) is 1.26. The first-order valence-corrected chi connectivity index (χ1v) is 4.99. The molecule has 1 aromatic heterocycles. The van der Waals surface area contributed by atoms with Crippen molar-refractivity contribution in [1.29, 1.82) is 0 Å². The molecule has 0 bridgehead atoms. The minimum atomic E-state index is -4.35. The van der Waals surface area contributed by atoms with Gasteiger partial charge >= 0.3 is 39.9 Å². The number of aryl methyl sites for hydroxylation is 1. The molecule has 0 aromatic carbocycles. The van der Waals surface area contributed by atoms with Gasteiger partial charge in [-0.25, -0.2) is 9.71 Å². The van der Waals surface area contributed by atoms with Crippen LogP contribution < -0.4 is 9.46 Å². The second-order valence-corrected chi connectivity index (χ2v) is 3.61. The van der Waals surface area contributed by atoms with Gasteiger partial charge in [0.05, 0.1) is 7.11 Å². The van der Waals surface area contributed by atoms with E-state index in [0.717, 1.165) is 0 Å². The standard InChI is InChI=1S/C6H9N3O4S.Na.H/c1-4-3-5(13-2)8-6(7-4)9-14(10,11)12;;/h3H,1-2H3,(H,7,8,9)(H,10,11,12);;. The Morgan fingerprint density at radius 2 is 2.07 bits per heavy atom. The van der Waals surface area contributed by atoms with Gasteiger partial charge in [-0.3, -0.25) is 4.55 Å². The fourth-order valence-corrected chi connectivity index (χ4v) is 1.13. The molecule has 1 aromatic rings. The molecule has 0 amide bonds. The van der Waals surface area contributed by atoms with Crippen LogP contribution in [0, 0.1) is 6.92 Å². The molecule has 9 heteroatoms. The van der Waals surface area contributed by atoms with Gasteiger partial charge in [0.1, 0.15) is 0 Å². The van der Waals surface area contributed by atoms with Gasteiger partial charge in [0.2, 0.25) is 11.8 Å². The van der Waals surface area contributed by atoms with Gasteiger partial charge in [0.15, 0.2) is 0 Å². The van der Waals surface area contributed by atoms with E-state index >= 15 is 0 Å². The molecule has 0 atom stereocenters. The molecule has 2 N–H and O–H groups in total. The van der Waals surface area contributed by atoms with Crippen molar-refractivity contribution in [1.82, 2.24) is 9.97 Å². The molecule has 1 heterocycles. The van der Waals surface area contributed by atoms with Gasteiger partial charge in [-0.1, -0.05) is 0 Å². The van der Waals surface area contributed by atoms with Gasteiger partial charge < -0.3 is 4.74 Å². The maximum absolute atomic E-state index is 10.4. The maximum atomic E-state index is 10.4. The number of hydrogen-bond donors (Lipinski definition) is 2. The van der Waals surface area contributed by atoms with Gasteiger partial charge in [0.25, 0.3) is 0 Å². The minimum absolute atomic E-state index is 0. The molecule has 0 unspecified atom stereocenters. The zero-order valence-electron chi connectivity index (χ0n) is 7.55. The van der Waals surface area contributed by atoms with Gasteiger partial charge in [-0.2, -0.15) is 13.4 Å². The molecule has 0 aliphatic carbocycles. The van der Waals surface area contributed by atoms with E-state index in [9.17, 15) is 8.42 Å². The van der Waals surface area contributed by atoms with Crippen LogP contribution in [0.25, 0.3) is 0 Å². The molecule has 0 saturated heterocycles. The number of anilines is 1. The molecular weight excluding hydrogens is 233 g/mol. The average molecular weight is 243 g/mol. The Labute approximate surface area is 109 Å². The quantitative estimate of drug-likeness (QED) is 0.541. The molecule has 0 aliphatic rings. The van der Waals surface area contributed by atoms with Crippen molar-refractivity contribution in [2.45, 2.75) is 6.92 Å². The van der Waals surface area contributed by atoms with Gasteiger partial charge in [-0.05, 0) is 6.92 Å². The summed E-state index contributed by atoms with van der Waals surface area (Å²) in [5, 5.41) is 0. The monoisotopic (exact) mass is 243 g/mol. The van der Waals surface area contributed by atoms with Gasteiger partial charge in [0, 0.05) is 11.8 Å². The summed E-state index contributed by atoms with van der Waals surface area (Å²) in [5.41, 5.74) is 0.517. The summed E-state index contributed by atoms with van der Waals surface area (Å²) in [7, 11) is -2.96. The molecule has 7 nitrogen and oxygen atoms in total. The Balaban J connectivity index is 0.00000196. The number of rotatable bonds is 3.